The Bertz CT molecular complexity index is 377. The molecule has 0 saturated heterocycles. The summed E-state index contributed by atoms with van der Waals surface area (Å²) in [5, 5.41) is 20.6. The molecule has 0 aliphatic carbocycles. The number of hydrogen-bond donors (Lipinski definition) is 1. The quantitative estimate of drug-likeness (QED) is 0.611. The predicted molar refractivity (Wildman–Crippen MR) is 66.9 cm³/mol. The maximum absolute atomic E-state index is 10.8. The van der Waals surface area contributed by atoms with Crippen molar-refractivity contribution in [3.63, 3.8) is 0 Å². The van der Waals surface area contributed by atoms with Crippen molar-refractivity contribution in [1.82, 2.24) is 0 Å². The maximum Gasteiger partial charge on any atom is 0.272 e. The van der Waals surface area contributed by atoms with Gasteiger partial charge in [0, 0.05) is 18.1 Å². The molecule has 1 N–H and O–H groups in total. The summed E-state index contributed by atoms with van der Waals surface area (Å²) in [7, 11) is 0. The van der Waals surface area contributed by atoms with Gasteiger partial charge in [0.1, 0.15) is 0 Å². The number of hydrogen-bond acceptors (Lipinski definition) is 3. The van der Waals surface area contributed by atoms with E-state index in [4.69, 9.17) is 0 Å². The van der Waals surface area contributed by atoms with Crippen molar-refractivity contribution in [2.24, 2.45) is 5.92 Å². The second kappa shape index (κ2) is 6.35. The normalized spacial score (nSPS) is 12.7. The third kappa shape index (κ3) is 4.53. The second-order valence-corrected chi connectivity index (χ2v) is 4.71. The van der Waals surface area contributed by atoms with E-state index in [0.29, 0.717) is 24.3 Å². The van der Waals surface area contributed by atoms with Crippen molar-refractivity contribution in [3.8, 4) is 0 Å². The van der Waals surface area contributed by atoms with Crippen molar-refractivity contribution in [1.29, 1.82) is 0 Å². The van der Waals surface area contributed by atoms with Crippen molar-refractivity contribution in [2.45, 2.75) is 39.2 Å². The summed E-state index contributed by atoms with van der Waals surface area (Å²) >= 11 is 0. The van der Waals surface area contributed by atoms with Gasteiger partial charge in [0.05, 0.1) is 11.0 Å². The monoisotopic (exact) mass is 237 g/mol. The second-order valence-electron chi connectivity index (χ2n) is 4.71. The summed E-state index contributed by atoms with van der Waals surface area (Å²) in [4.78, 5) is 10.4. The lowest BCUT2D eigenvalue weighted by Gasteiger charge is -2.12. The van der Waals surface area contributed by atoms with Gasteiger partial charge in [-0.1, -0.05) is 32.0 Å². The molecule has 1 unspecified atom stereocenters. The molecule has 0 fully saturated rings. The highest BCUT2D eigenvalue weighted by Gasteiger charge is 2.15. The molecule has 1 aromatic carbocycles. The van der Waals surface area contributed by atoms with Gasteiger partial charge >= 0.3 is 0 Å². The molecule has 0 heterocycles. The van der Waals surface area contributed by atoms with Crippen LogP contribution in [0.4, 0.5) is 5.69 Å². The number of nitro groups is 1. The first-order chi connectivity index (χ1) is 8.00. The van der Waals surface area contributed by atoms with Crippen LogP contribution in [-0.4, -0.2) is 16.1 Å². The summed E-state index contributed by atoms with van der Waals surface area (Å²) in [5.41, 5.74) is 0.699. The zero-order valence-corrected chi connectivity index (χ0v) is 10.3. The fourth-order valence-corrected chi connectivity index (χ4v) is 1.74. The average molecular weight is 237 g/mol. The van der Waals surface area contributed by atoms with E-state index in [9.17, 15) is 15.2 Å². The van der Waals surface area contributed by atoms with E-state index in [1.165, 1.54) is 6.07 Å². The first-order valence-corrected chi connectivity index (χ1v) is 5.91. The van der Waals surface area contributed by atoms with Crippen LogP contribution in [0.3, 0.4) is 0 Å². The number of benzene rings is 1. The summed E-state index contributed by atoms with van der Waals surface area (Å²) in [5.74, 6) is 0.537. The van der Waals surface area contributed by atoms with Crippen molar-refractivity contribution in [2.75, 3.05) is 0 Å². The van der Waals surface area contributed by atoms with E-state index >= 15 is 0 Å². The number of aliphatic hydroxyl groups is 1. The summed E-state index contributed by atoms with van der Waals surface area (Å²) in [6, 6.07) is 6.58. The molecule has 17 heavy (non-hydrogen) atoms. The van der Waals surface area contributed by atoms with Crippen LogP contribution in [0.1, 0.15) is 32.3 Å². The zero-order chi connectivity index (χ0) is 12.8. The number of rotatable bonds is 6. The van der Waals surface area contributed by atoms with Gasteiger partial charge in [-0.25, -0.2) is 0 Å². The fourth-order valence-electron chi connectivity index (χ4n) is 1.74. The van der Waals surface area contributed by atoms with Crippen LogP contribution < -0.4 is 0 Å². The Morgan fingerprint density at radius 1 is 1.29 bits per heavy atom. The average Bonchev–Trinajstić information content (AvgIpc) is 2.27. The van der Waals surface area contributed by atoms with Gasteiger partial charge in [0.15, 0.2) is 0 Å². The third-order valence-corrected chi connectivity index (χ3v) is 2.72. The lowest BCUT2D eigenvalue weighted by Crippen LogP contribution is -2.12. The van der Waals surface area contributed by atoms with Gasteiger partial charge in [-0.15, -0.1) is 0 Å². The van der Waals surface area contributed by atoms with Gasteiger partial charge in [-0.05, 0) is 18.8 Å². The molecule has 0 amide bonds. The molecule has 0 radical (unpaired) electrons. The van der Waals surface area contributed by atoms with Gasteiger partial charge in [0.25, 0.3) is 5.69 Å². The van der Waals surface area contributed by atoms with Crippen LogP contribution in [-0.2, 0) is 6.42 Å². The smallest absolute Gasteiger partial charge is 0.272 e. The standard InChI is InChI=1S/C13H19NO3/c1-10(2)7-8-12(15)9-11-5-3-4-6-13(11)14(16)17/h3-6,10,12,15H,7-9H2,1-2H3. The lowest BCUT2D eigenvalue weighted by atomic mass is 9.99. The van der Waals surface area contributed by atoms with Gasteiger partial charge < -0.3 is 5.11 Å². The van der Waals surface area contributed by atoms with Crippen molar-refractivity contribution < 1.29 is 10.0 Å². The molecule has 0 spiro atoms. The summed E-state index contributed by atoms with van der Waals surface area (Å²) < 4.78 is 0. The van der Waals surface area contributed by atoms with E-state index in [0.717, 1.165) is 6.42 Å². The van der Waals surface area contributed by atoms with Crippen LogP contribution in [0.2, 0.25) is 0 Å². The van der Waals surface area contributed by atoms with Crippen molar-refractivity contribution >= 4 is 5.69 Å². The molecular formula is C13H19NO3. The Labute approximate surface area is 101 Å². The maximum atomic E-state index is 10.8. The molecule has 0 aliphatic heterocycles. The molecule has 1 atom stereocenters. The van der Waals surface area contributed by atoms with E-state index in [1.807, 2.05) is 0 Å². The molecule has 4 nitrogen and oxygen atoms in total. The number of nitro benzene ring substituents is 1. The number of aliphatic hydroxyl groups excluding tert-OH is 1. The molecule has 0 aromatic heterocycles. The largest absolute Gasteiger partial charge is 0.393 e. The van der Waals surface area contributed by atoms with Crippen LogP contribution in [0.15, 0.2) is 24.3 Å². The van der Waals surface area contributed by atoms with Crippen molar-refractivity contribution in [3.05, 3.63) is 39.9 Å². The van der Waals surface area contributed by atoms with E-state index < -0.39 is 11.0 Å². The zero-order valence-electron chi connectivity index (χ0n) is 10.3. The topological polar surface area (TPSA) is 63.4 Å². The molecule has 1 rings (SSSR count). The Kier molecular flexibility index (Phi) is 5.10. The molecule has 1 aromatic rings. The SMILES string of the molecule is CC(C)CCC(O)Cc1ccccc1[N+](=O)[O-]. The summed E-state index contributed by atoms with van der Waals surface area (Å²) in [6.45, 7) is 4.19. The van der Waals surface area contributed by atoms with Gasteiger partial charge in [0.2, 0.25) is 0 Å². The Morgan fingerprint density at radius 2 is 1.94 bits per heavy atom. The molecule has 0 saturated carbocycles. The minimum atomic E-state index is -0.501. The van der Waals surface area contributed by atoms with Gasteiger partial charge in [-0.2, -0.15) is 0 Å². The molecule has 4 heteroatoms. The van der Waals surface area contributed by atoms with E-state index in [1.54, 1.807) is 18.2 Å². The van der Waals surface area contributed by atoms with E-state index in [-0.39, 0.29) is 5.69 Å². The van der Waals surface area contributed by atoms with E-state index in [2.05, 4.69) is 13.8 Å². The molecule has 94 valence electrons. The molecule has 0 aliphatic rings. The first-order valence-electron chi connectivity index (χ1n) is 5.91. The highest BCUT2D eigenvalue weighted by Crippen LogP contribution is 2.20. The van der Waals surface area contributed by atoms with Crippen LogP contribution in [0, 0.1) is 16.0 Å². The minimum Gasteiger partial charge on any atom is -0.393 e. The number of nitrogens with zero attached hydrogens (tertiary/aromatic N) is 1. The third-order valence-electron chi connectivity index (χ3n) is 2.72. The lowest BCUT2D eigenvalue weighted by molar-refractivity contribution is -0.385. The Morgan fingerprint density at radius 3 is 2.53 bits per heavy atom. The minimum absolute atomic E-state index is 0.0936. The Balaban J connectivity index is 2.64. The predicted octanol–water partition coefficient (Wildman–Crippen LogP) is 2.93. The summed E-state index contributed by atoms with van der Waals surface area (Å²) in [6.07, 6.45) is 1.47. The van der Waals surface area contributed by atoms with Gasteiger partial charge in [-0.3, -0.25) is 10.1 Å². The Hall–Kier alpha value is -1.42. The first kappa shape index (κ1) is 13.6. The van der Waals surface area contributed by atoms with Crippen LogP contribution in [0.5, 0.6) is 0 Å². The van der Waals surface area contributed by atoms with Crippen LogP contribution >= 0.6 is 0 Å². The highest BCUT2D eigenvalue weighted by atomic mass is 16.6. The number of para-hydroxylation sites is 1. The fraction of sp³-hybridized carbons (Fsp3) is 0.538. The molecular weight excluding hydrogens is 218 g/mol. The highest BCUT2D eigenvalue weighted by molar-refractivity contribution is 5.40. The molecule has 0 bridgehead atoms. The van der Waals surface area contributed by atoms with Crippen LogP contribution in [0.25, 0.3) is 0 Å².